The fraction of sp³-hybridized carbons (Fsp3) is 0.391. The summed E-state index contributed by atoms with van der Waals surface area (Å²) in [5.41, 5.74) is 1.26. The second kappa shape index (κ2) is 9.00. The minimum Gasteiger partial charge on any atom is -0.345 e. The molecule has 2 aliphatic rings. The van der Waals surface area contributed by atoms with Crippen LogP contribution in [0.1, 0.15) is 29.6 Å². The van der Waals surface area contributed by atoms with Gasteiger partial charge < -0.3 is 9.80 Å². The number of anilines is 1. The second-order valence-electron chi connectivity index (χ2n) is 8.38. The van der Waals surface area contributed by atoms with Gasteiger partial charge in [-0.3, -0.25) is 4.79 Å². The zero-order valence-corrected chi connectivity index (χ0v) is 19.7. The Morgan fingerprint density at radius 3 is 2.30 bits per heavy atom. The van der Waals surface area contributed by atoms with Crippen molar-refractivity contribution in [2.45, 2.75) is 24.2 Å². The molecule has 33 heavy (non-hydrogen) atoms. The molecule has 3 aromatic rings. The second-order valence-corrected chi connectivity index (χ2v) is 11.3. The summed E-state index contributed by atoms with van der Waals surface area (Å²) in [6.45, 7) is 3.45. The molecule has 0 atom stereocenters. The molecule has 0 N–H and O–H groups in total. The molecule has 0 spiro atoms. The van der Waals surface area contributed by atoms with E-state index in [1.165, 1.54) is 39.9 Å². The minimum absolute atomic E-state index is 0.108. The maximum absolute atomic E-state index is 13.5. The molecule has 10 heteroatoms. The summed E-state index contributed by atoms with van der Waals surface area (Å²) in [6.07, 6.45) is 2.83. The number of rotatable bonds is 4. The topological polar surface area (TPSA) is 73.8 Å². The van der Waals surface area contributed by atoms with Gasteiger partial charge >= 0.3 is 0 Å². The van der Waals surface area contributed by atoms with Crippen molar-refractivity contribution in [1.29, 1.82) is 0 Å². The van der Waals surface area contributed by atoms with Crippen molar-refractivity contribution in [2.24, 2.45) is 0 Å². The lowest BCUT2D eigenvalue weighted by atomic mass is 10.2. The van der Waals surface area contributed by atoms with Crippen LogP contribution in [0.25, 0.3) is 10.2 Å². The number of thiazole rings is 1. The number of carbonyl (C=O) groups is 1. The fourth-order valence-electron chi connectivity index (χ4n) is 4.33. The summed E-state index contributed by atoms with van der Waals surface area (Å²) >= 11 is 1.45. The average Bonchev–Trinajstić information content (AvgIpc) is 3.27. The van der Waals surface area contributed by atoms with Gasteiger partial charge in [0.25, 0.3) is 5.91 Å². The van der Waals surface area contributed by atoms with Crippen LogP contribution in [0.15, 0.2) is 47.4 Å². The zero-order valence-electron chi connectivity index (χ0n) is 18.1. The number of carbonyl (C=O) groups excluding carboxylic acids is 1. The predicted molar refractivity (Wildman–Crippen MR) is 127 cm³/mol. The van der Waals surface area contributed by atoms with Gasteiger partial charge in [-0.2, -0.15) is 4.31 Å². The highest BCUT2D eigenvalue weighted by atomic mass is 32.2. The number of benzene rings is 2. The third-order valence-corrected chi connectivity index (χ3v) is 9.22. The molecule has 1 amide bonds. The van der Waals surface area contributed by atoms with Crippen LogP contribution < -0.4 is 4.90 Å². The molecular formula is C23H25FN4O3S2. The van der Waals surface area contributed by atoms with E-state index < -0.39 is 10.0 Å². The molecule has 0 saturated carbocycles. The summed E-state index contributed by atoms with van der Waals surface area (Å²) in [5.74, 6) is -0.384. The largest absolute Gasteiger partial charge is 0.345 e. The number of fused-ring (bicyclic) bond motifs is 1. The molecule has 7 nitrogen and oxygen atoms in total. The molecule has 3 heterocycles. The van der Waals surface area contributed by atoms with E-state index in [0.717, 1.165) is 34.6 Å². The van der Waals surface area contributed by atoms with Gasteiger partial charge in [-0.25, -0.2) is 17.8 Å². The Kier molecular flexibility index (Phi) is 6.07. The van der Waals surface area contributed by atoms with E-state index in [1.54, 1.807) is 23.1 Å². The van der Waals surface area contributed by atoms with Crippen LogP contribution in [0.2, 0.25) is 0 Å². The van der Waals surface area contributed by atoms with Crippen molar-refractivity contribution >= 4 is 42.6 Å². The highest BCUT2D eigenvalue weighted by Crippen LogP contribution is 2.30. The van der Waals surface area contributed by atoms with Crippen molar-refractivity contribution in [3.8, 4) is 0 Å². The summed E-state index contributed by atoms with van der Waals surface area (Å²) < 4.78 is 41.4. The predicted octanol–water partition coefficient (Wildman–Crippen LogP) is 3.57. The monoisotopic (exact) mass is 488 g/mol. The number of hydrogen-bond donors (Lipinski definition) is 0. The Morgan fingerprint density at radius 2 is 1.61 bits per heavy atom. The van der Waals surface area contributed by atoms with E-state index in [0.29, 0.717) is 44.8 Å². The highest BCUT2D eigenvalue weighted by molar-refractivity contribution is 7.89. The van der Waals surface area contributed by atoms with Gasteiger partial charge in [0, 0.05) is 44.8 Å². The van der Waals surface area contributed by atoms with E-state index in [2.05, 4.69) is 9.88 Å². The molecular weight excluding hydrogens is 463 g/mol. The van der Waals surface area contributed by atoms with Gasteiger partial charge in [-0.05, 0) is 55.3 Å². The van der Waals surface area contributed by atoms with Gasteiger partial charge in [-0.15, -0.1) is 0 Å². The molecule has 2 aromatic carbocycles. The maximum atomic E-state index is 13.5. The molecule has 2 fully saturated rings. The summed E-state index contributed by atoms with van der Waals surface area (Å²) in [4.78, 5) is 21.7. The van der Waals surface area contributed by atoms with E-state index in [4.69, 9.17) is 0 Å². The Balaban J connectivity index is 1.23. The van der Waals surface area contributed by atoms with Crippen LogP contribution in [-0.2, 0) is 10.0 Å². The maximum Gasteiger partial charge on any atom is 0.253 e. The first-order chi connectivity index (χ1) is 15.9. The van der Waals surface area contributed by atoms with E-state index >= 15 is 0 Å². The van der Waals surface area contributed by atoms with Crippen LogP contribution in [0.3, 0.4) is 0 Å². The SMILES string of the molecule is O=C(c1ccc(S(=O)(=O)N2CCCCC2)cc1)N1CCN(c2nc3ccc(F)cc3s2)CC1. The number of amides is 1. The van der Waals surface area contributed by atoms with E-state index in [-0.39, 0.29) is 16.6 Å². The van der Waals surface area contributed by atoms with Crippen molar-refractivity contribution < 1.29 is 17.6 Å². The van der Waals surface area contributed by atoms with Crippen LogP contribution in [-0.4, -0.2) is 67.8 Å². The number of piperazine rings is 1. The molecule has 2 saturated heterocycles. The van der Waals surface area contributed by atoms with Crippen molar-refractivity contribution in [3.63, 3.8) is 0 Å². The minimum atomic E-state index is -3.51. The normalized spacial score (nSPS) is 18.1. The van der Waals surface area contributed by atoms with Gasteiger partial charge in [0.1, 0.15) is 5.82 Å². The third-order valence-electron chi connectivity index (χ3n) is 6.23. The lowest BCUT2D eigenvalue weighted by Gasteiger charge is -2.34. The molecule has 0 unspecified atom stereocenters. The van der Waals surface area contributed by atoms with Crippen LogP contribution in [0.4, 0.5) is 9.52 Å². The Hall–Kier alpha value is -2.56. The van der Waals surface area contributed by atoms with Crippen molar-refractivity contribution in [1.82, 2.24) is 14.2 Å². The Bertz CT molecular complexity index is 1260. The molecule has 0 radical (unpaired) electrons. The summed E-state index contributed by atoms with van der Waals surface area (Å²) in [5, 5.41) is 0.829. The number of piperidine rings is 1. The zero-order chi connectivity index (χ0) is 23.0. The molecule has 5 rings (SSSR count). The van der Waals surface area contributed by atoms with Crippen LogP contribution >= 0.6 is 11.3 Å². The fourth-order valence-corrected chi connectivity index (χ4v) is 6.89. The molecule has 2 aliphatic heterocycles. The first-order valence-electron chi connectivity index (χ1n) is 11.1. The summed E-state index contributed by atoms with van der Waals surface area (Å²) in [7, 11) is -3.51. The molecule has 1 aromatic heterocycles. The third kappa shape index (κ3) is 4.47. The number of aromatic nitrogens is 1. The Labute approximate surface area is 196 Å². The Morgan fingerprint density at radius 1 is 0.909 bits per heavy atom. The van der Waals surface area contributed by atoms with E-state index in [9.17, 15) is 17.6 Å². The van der Waals surface area contributed by atoms with Crippen molar-refractivity contribution in [2.75, 3.05) is 44.2 Å². The quantitative estimate of drug-likeness (QED) is 0.561. The van der Waals surface area contributed by atoms with Gasteiger partial charge in [0.2, 0.25) is 10.0 Å². The lowest BCUT2D eigenvalue weighted by molar-refractivity contribution is 0.0746. The van der Waals surface area contributed by atoms with E-state index in [1.807, 2.05) is 0 Å². The average molecular weight is 489 g/mol. The summed E-state index contributed by atoms with van der Waals surface area (Å²) in [6, 6.07) is 10.9. The van der Waals surface area contributed by atoms with Crippen LogP contribution in [0, 0.1) is 5.82 Å². The molecule has 174 valence electrons. The first-order valence-corrected chi connectivity index (χ1v) is 13.4. The number of sulfonamides is 1. The molecule has 0 bridgehead atoms. The van der Waals surface area contributed by atoms with Gasteiger partial charge in [0.05, 0.1) is 15.1 Å². The first kappa shape index (κ1) is 22.2. The lowest BCUT2D eigenvalue weighted by Crippen LogP contribution is -2.48. The van der Waals surface area contributed by atoms with Crippen LogP contribution in [0.5, 0.6) is 0 Å². The standard InChI is InChI=1S/C23H25FN4O3S2/c24-18-6-9-20-21(16-18)32-23(25-20)27-14-12-26(13-15-27)22(29)17-4-7-19(8-5-17)33(30,31)28-10-2-1-3-11-28/h4-9,16H,1-3,10-15H2. The molecule has 0 aliphatic carbocycles. The van der Waals surface area contributed by atoms with Crippen molar-refractivity contribution in [3.05, 3.63) is 53.8 Å². The smallest absolute Gasteiger partial charge is 0.253 e. The number of halogens is 1. The van der Waals surface area contributed by atoms with Gasteiger partial charge in [0.15, 0.2) is 5.13 Å². The van der Waals surface area contributed by atoms with Gasteiger partial charge in [-0.1, -0.05) is 17.8 Å². The number of hydrogen-bond acceptors (Lipinski definition) is 6. The number of nitrogens with zero attached hydrogens (tertiary/aromatic N) is 4. The highest BCUT2D eigenvalue weighted by Gasteiger charge is 2.27.